The lowest BCUT2D eigenvalue weighted by molar-refractivity contribution is -0.123. The average molecular weight is 806 g/mol. The number of carbonyl (C=O) groups is 1. The van der Waals surface area contributed by atoms with Crippen LogP contribution in [-0.2, 0) is 4.79 Å². The molecule has 57 heavy (non-hydrogen) atoms. The highest BCUT2D eigenvalue weighted by atomic mass is 16.3. The van der Waals surface area contributed by atoms with E-state index in [-0.39, 0.29) is 12.5 Å². The number of unbranched alkanes of at least 4 members (excludes halogenated alkanes) is 43. The van der Waals surface area contributed by atoms with E-state index in [1.54, 1.807) is 0 Å². The van der Waals surface area contributed by atoms with Crippen molar-refractivity contribution in [1.82, 2.24) is 5.32 Å². The molecule has 0 spiro atoms. The zero-order chi connectivity index (χ0) is 41.4. The maximum Gasteiger partial charge on any atom is 0.220 e. The molecule has 0 aromatic carbocycles. The molecule has 4 heteroatoms. The van der Waals surface area contributed by atoms with Crippen molar-refractivity contribution in [3.8, 4) is 0 Å². The summed E-state index contributed by atoms with van der Waals surface area (Å²) in [4.78, 5) is 12.5. The highest BCUT2D eigenvalue weighted by Gasteiger charge is 2.20. The topological polar surface area (TPSA) is 69.6 Å². The third kappa shape index (κ3) is 46.3. The summed E-state index contributed by atoms with van der Waals surface area (Å²) in [7, 11) is 0. The Bertz CT molecular complexity index is 744. The molecular weight excluding hydrogens is 699 g/mol. The summed E-state index contributed by atoms with van der Waals surface area (Å²) in [6.07, 6.45) is 62.2. The van der Waals surface area contributed by atoms with E-state index >= 15 is 0 Å². The average Bonchev–Trinajstić information content (AvgIpc) is 3.22. The van der Waals surface area contributed by atoms with Gasteiger partial charge in [0.05, 0.1) is 18.8 Å². The van der Waals surface area contributed by atoms with Gasteiger partial charge < -0.3 is 15.5 Å². The van der Waals surface area contributed by atoms with E-state index in [2.05, 4.69) is 19.2 Å². The van der Waals surface area contributed by atoms with E-state index in [1.807, 2.05) is 0 Å². The van der Waals surface area contributed by atoms with Gasteiger partial charge in [0.25, 0.3) is 0 Å². The lowest BCUT2D eigenvalue weighted by Gasteiger charge is -2.22. The van der Waals surface area contributed by atoms with E-state index in [0.29, 0.717) is 12.8 Å². The van der Waals surface area contributed by atoms with E-state index in [0.717, 1.165) is 25.7 Å². The van der Waals surface area contributed by atoms with Crippen LogP contribution in [0.5, 0.6) is 0 Å². The number of amides is 1. The van der Waals surface area contributed by atoms with Crippen LogP contribution >= 0.6 is 0 Å². The van der Waals surface area contributed by atoms with Crippen molar-refractivity contribution in [2.24, 2.45) is 0 Å². The zero-order valence-electron chi connectivity index (χ0n) is 39.4. The lowest BCUT2D eigenvalue weighted by atomic mass is 10.0. The van der Waals surface area contributed by atoms with Crippen molar-refractivity contribution < 1.29 is 15.0 Å². The molecule has 0 bridgehead atoms. The summed E-state index contributed by atoms with van der Waals surface area (Å²) in [5.41, 5.74) is 0. The monoisotopic (exact) mass is 806 g/mol. The first kappa shape index (κ1) is 56.4. The van der Waals surface area contributed by atoms with Crippen LogP contribution in [0.4, 0.5) is 0 Å². The highest BCUT2D eigenvalue weighted by molar-refractivity contribution is 5.76. The molecule has 0 aliphatic carbocycles. The normalized spacial score (nSPS) is 12.7. The molecule has 0 saturated carbocycles. The number of hydrogen-bond donors (Lipinski definition) is 3. The minimum Gasteiger partial charge on any atom is -0.394 e. The van der Waals surface area contributed by atoms with Crippen molar-refractivity contribution in [1.29, 1.82) is 0 Å². The second-order valence-corrected chi connectivity index (χ2v) is 18.7. The van der Waals surface area contributed by atoms with Gasteiger partial charge in [-0.25, -0.2) is 0 Å². The quantitative estimate of drug-likeness (QED) is 0.0536. The predicted molar refractivity (Wildman–Crippen MR) is 253 cm³/mol. The number of carbonyl (C=O) groups excluding carboxylic acids is 1. The van der Waals surface area contributed by atoms with Gasteiger partial charge in [0.1, 0.15) is 0 Å². The summed E-state index contributed by atoms with van der Waals surface area (Å²) in [5, 5.41) is 23.3. The Hall–Kier alpha value is -0.610. The summed E-state index contributed by atoms with van der Waals surface area (Å²) in [6, 6.07) is -0.530. The molecular formula is C53H107NO3. The molecule has 0 heterocycles. The van der Waals surface area contributed by atoms with Crippen molar-refractivity contribution in [3.05, 3.63) is 0 Å². The van der Waals surface area contributed by atoms with Gasteiger partial charge in [-0.05, 0) is 12.8 Å². The molecule has 0 aliphatic heterocycles. The molecule has 3 N–H and O–H groups in total. The Morgan fingerprint density at radius 3 is 0.789 bits per heavy atom. The van der Waals surface area contributed by atoms with E-state index < -0.39 is 12.1 Å². The van der Waals surface area contributed by atoms with Crippen molar-refractivity contribution >= 4 is 5.91 Å². The van der Waals surface area contributed by atoms with Gasteiger partial charge in [-0.15, -0.1) is 0 Å². The van der Waals surface area contributed by atoms with Crippen molar-refractivity contribution in [2.75, 3.05) is 6.61 Å². The maximum absolute atomic E-state index is 12.5. The molecule has 0 rings (SSSR count). The third-order valence-electron chi connectivity index (χ3n) is 12.9. The molecule has 0 saturated heterocycles. The predicted octanol–water partition coefficient (Wildman–Crippen LogP) is 17.2. The van der Waals surface area contributed by atoms with Gasteiger partial charge in [0.15, 0.2) is 0 Å². The smallest absolute Gasteiger partial charge is 0.220 e. The molecule has 2 unspecified atom stereocenters. The fourth-order valence-electron chi connectivity index (χ4n) is 8.78. The van der Waals surface area contributed by atoms with Crippen LogP contribution in [0.15, 0.2) is 0 Å². The first-order valence-electron chi connectivity index (χ1n) is 26.7. The van der Waals surface area contributed by atoms with E-state index in [1.165, 1.54) is 263 Å². The molecule has 0 radical (unpaired) electrons. The molecule has 342 valence electrons. The van der Waals surface area contributed by atoms with Gasteiger partial charge in [-0.1, -0.05) is 296 Å². The second kappa shape index (κ2) is 49.8. The van der Waals surface area contributed by atoms with Gasteiger partial charge in [0.2, 0.25) is 5.91 Å². The Balaban J connectivity index is 3.40. The number of aliphatic hydroxyl groups excluding tert-OH is 2. The summed E-state index contributed by atoms with van der Waals surface area (Å²) < 4.78 is 0. The van der Waals surface area contributed by atoms with Crippen LogP contribution in [0.25, 0.3) is 0 Å². The molecule has 0 aromatic rings. The van der Waals surface area contributed by atoms with Crippen LogP contribution in [0.2, 0.25) is 0 Å². The van der Waals surface area contributed by atoms with E-state index in [9.17, 15) is 15.0 Å². The standard InChI is InChI=1S/C53H107NO3/c1-3-5-7-9-11-13-15-17-19-21-23-24-25-26-27-28-29-30-31-33-35-37-39-41-43-45-47-49-53(57)54-51(50-55)52(56)48-46-44-42-40-38-36-34-32-22-20-18-16-14-12-10-8-6-4-2/h51-52,55-56H,3-50H2,1-2H3,(H,54,57). The van der Waals surface area contributed by atoms with Crippen LogP contribution in [0, 0.1) is 0 Å². The van der Waals surface area contributed by atoms with Gasteiger partial charge in [-0.2, -0.15) is 0 Å². The second-order valence-electron chi connectivity index (χ2n) is 18.7. The zero-order valence-corrected chi connectivity index (χ0v) is 39.4. The summed E-state index contributed by atoms with van der Waals surface area (Å²) in [6.45, 7) is 4.40. The van der Waals surface area contributed by atoms with Gasteiger partial charge in [-0.3, -0.25) is 4.79 Å². The van der Waals surface area contributed by atoms with Crippen LogP contribution in [0.1, 0.15) is 316 Å². The molecule has 0 fully saturated rings. The minimum atomic E-state index is -0.654. The Morgan fingerprint density at radius 2 is 0.561 bits per heavy atom. The first-order chi connectivity index (χ1) is 28.2. The fourth-order valence-corrected chi connectivity index (χ4v) is 8.78. The van der Waals surface area contributed by atoms with Gasteiger partial charge in [0, 0.05) is 6.42 Å². The molecule has 0 aliphatic rings. The molecule has 2 atom stereocenters. The number of hydrogen-bond acceptors (Lipinski definition) is 3. The molecule has 4 nitrogen and oxygen atoms in total. The van der Waals surface area contributed by atoms with Gasteiger partial charge >= 0.3 is 0 Å². The van der Waals surface area contributed by atoms with Crippen LogP contribution in [0.3, 0.4) is 0 Å². The Morgan fingerprint density at radius 1 is 0.351 bits per heavy atom. The Labute approximate surface area is 359 Å². The molecule has 1 amide bonds. The minimum absolute atomic E-state index is 0.0227. The van der Waals surface area contributed by atoms with Crippen molar-refractivity contribution in [3.63, 3.8) is 0 Å². The SMILES string of the molecule is CCCCCCCCCCCCCCCCCCCCCCCCCCCCCC(=O)NC(CO)C(O)CCCCCCCCCCCCCCCCCCCC. The van der Waals surface area contributed by atoms with Crippen molar-refractivity contribution in [2.45, 2.75) is 328 Å². The van der Waals surface area contributed by atoms with Crippen LogP contribution < -0.4 is 5.32 Å². The number of rotatable bonds is 50. The van der Waals surface area contributed by atoms with Crippen LogP contribution in [-0.4, -0.2) is 34.9 Å². The summed E-state index contributed by atoms with van der Waals surface area (Å²) >= 11 is 0. The largest absolute Gasteiger partial charge is 0.394 e. The number of aliphatic hydroxyl groups is 2. The Kier molecular flexibility index (Phi) is 49.2. The third-order valence-corrected chi connectivity index (χ3v) is 12.9. The molecule has 0 aromatic heterocycles. The summed E-state index contributed by atoms with van der Waals surface area (Å²) in [5.74, 6) is -0.0227. The van der Waals surface area contributed by atoms with E-state index in [4.69, 9.17) is 0 Å². The lowest BCUT2D eigenvalue weighted by Crippen LogP contribution is -2.45. The first-order valence-corrected chi connectivity index (χ1v) is 26.7. The fraction of sp³-hybridized carbons (Fsp3) is 0.981. The maximum atomic E-state index is 12.5. The highest BCUT2D eigenvalue weighted by Crippen LogP contribution is 2.18. The number of nitrogens with one attached hydrogen (secondary N) is 1.